The molecule has 104 valence electrons. The Morgan fingerprint density at radius 1 is 1.50 bits per heavy atom. The maximum absolute atomic E-state index is 12.1. The van der Waals surface area contributed by atoms with Crippen molar-refractivity contribution in [1.82, 2.24) is 4.90 Å². The predicted octanol–water partition coefficient (Wildman–Crippen LogP) is 0.184. The summed E-state index contributed by atoms with van der Waals surface area (Å²) in [7, 11) is -3.51. The molecule has 0 radical (unpaired) electrons. The number of sulfone groups is 1. The molecular formula is C10H17NO5S2. The van der Waals surface area contributed by atoms with Crippen molar-refractivity contribution in [2.24, 2.45) is 0 Å². The first-order chi connectivity index (χ1) is 8.20. The Labute approximate surface area is 111 Å². The second-order valence-electron chi connectivity index (χ2n) is 4.27. The Morgan fingerprint density at radius 2 is 2.06 bits per heavy atom. The molecule has 1 fully saturated rings. The van der Waals surface area contributed by atoms with Crippen LogP contribution in [0.4, 0.5) is 0 Å². The second-order valence-corrected chi connectivity index (χ2v) is 7.84. The molecule has 1 amide bonds. The van der Waals surface area contributed by atoms with E-state index in [0.717, 1.165) is 6.26 Å². The Kier molecular flexibility index (Phi) is 4.66. The fourth-order valence-corrected chi connectivity index (χ4v) is 3.60. The van der Waals surface area contributed by atoms with E-state index in [1.54, 1.807) is 0 Å². The summed E-state index contributed by atoms with van der Waals surface area (Å²) < 4.78 is 22.8. The van der Waals surface area contributed by atoms with Crippen LogP contribution in [0.15, 0.2) is 0 Å². The van der Waals surface area contributed by atoms with Gasteiger partial charge in [0.1, 0.15) is 11.3 Å². The van der Waals surface area contributed by atoms with Crippen LogP contribution in [0, 0.1) is 0 Å². The number of carbonyl (C=O) groups is 2. The minimum atomic E-state index is -3.51. The van der Waals surface area contributed by atoms with Gasteiger partial charge in [-0.15, -0.1) is 11.8 Å². The highest BCUT2D eigenvalue weighted by Crippen LogP contribution is 2.32. The van der Waals surface area contributed by atoms with Crippen LogP contribution in [0.5, 0.6) is 0 Å². The molecule has 1 N–H and O–H groups in total. The van der Waals surface area contributed by atoms with Crippen molar-refractivity contribution in [3.8, 4) is 0 Å². The van der Waals surface area contributed by atoms with E-state index in [1.807, 2.05) is 6.92 Å². The largest absolute Gasteiger partial charge is 0.480 e. The lowest BCUT2D eigenvalue weighted by Crippen LogP contribution is -2.50. The molecule has 0 spiro atoms. The zero-order chi connectivity index (χ0) is 14.1. The molecule has 1 heterocycles. The van der Waals surface area contributed by atoms with Gasteiger partial charge in [0.2, 0.25) is 5.91 Å². The molecule has 3 unspecified atom stereocenters. The molecular weight excluding hydrogens is 278 g/mol. The minimum absolute atomic E-state index is 0.261. The van der Waals surface area contributed by atoms with E-state index < -0.39 is 33.0 Å². The molecule has 8 heteroatoms. The second kappa shape index (κ2) is 5.48. The molecule has 1 aliphatic rings. The van der Waals surface area contributed by atoms with Crippen molar-refractivity contribution in [2.45, 2.75) is 36.9 Å². The van der Waals surface area contributed by atoms with Gasteiger partial charge in [-0.05, 0) is 13.3 Å². The smallest absolute Gasteiger partial charge is 0.327 e. The number of aliphatic carboxylic acids is 1. The monoisotopic (exact) mass is 295 g/mol. The molecule has 0 saturated carbocycles. The van der Waals surface area contributed by atoms with Crippen LogP contribution in [0.2, 0.25) is 0 Å². The number of carboxylic acid groups (broad SMARTS) is 1. The number of thioether (sulfide) groups is 1. The first-order valence-corrected chi connectivity index (χ1v) is 8.56. The molecule has 18 heavy (non-hydrogen) atoms. The number of hydrogen-bond donors (Lipinski definition) is 1. The predicted molar refractivity (Wildman–Crippen MR) is 69.1 cm³/mol. The van der Waals surface area contributed by atoms with Crippen molar-refractivity contribution in [1.29, 1.82) is 0 Å². The molecule has 0 aromatic heterocycles. The van der Waals surface area contributed by atoms with Crippen molar-refractivity contribution >= 4 is 33.5 Å². The highest BCUT2D eigenvalue weighted by atomic mass is 32.2. The number of nitrogens with zero attached hydrogens (tertiary/aromatic N) is 1. The van der Waals surface area contributed by atoms with E-state index in [4.69, 9.17) is 5.11 Å². The van der Waals surface area contributed by atoms with Gasteiger partial charge >= 0.3 is 5.97 Å². The van der Waals surface area contributed by atoms with Crippen LogP contribution in [-0.4, -0.2) is 59.0 Å². The van der Waals surface area contributed by atoms with Crippen LogP contribution in [0.3, 0.4) is 0 Å². The van der Waals surface area contributed by atoms with Crippen LogP contribution >= 0.6 is 11.8 Å². The van der Waals surface area contributed by atoms with Gasteiger partial charge in [0, 0.05) is 12.0 Å². The highest BCUT2D eigenvalue weighted by molar-refractivity contribution is 8.00. The van der Waals surface area contributed by atoms with Crippen molar-refractivity contribution in [3.05, 3.63) is 0 Å². The van der Waals surface area contributed by atoms with Gasteiger partial charge in [-0.25, -0.2) is 13.2 Å². The molecule has 6 nitrogen and oxygen atoms in total. The zero-order valence-electron chi connectivity index (χ0n) is 10.5. The number of carbonyl (C=O) groups excluding carboxylic acids is 1. The summed E-state index contributed by atoms with van der Waals surface area (Å²) in [6.45, 7) is 3.14. The van der Waals surface area contributed by atoms with Crippen LogP contribution in [0.25, 0.3) is 0 Å². The van der Waals surface area contributed by atoms with Gasteiger partial charge in [0.15, 0.2) is 9.84 Å². The van der Waals surface area contributed by atoms with E-state index in [2.05, 4.69) is 0 Å². The normalized spacial score (nSPS) is 26.1. The standard InChI is InChI=1S/C10H17NO5S2/c1-4-8-11(7(5-17-8)10(13)14)9(12)6(2)18(3,15)16/h6-8H,4-5H2,1-3H3,(H,13,14). The maximum Gasteiger partial charge on any atom is 0.327 e. The fraction of sp³-hybridized carbons (Fsp3) is 0.800. The lowest BCUT2D eigenvalue weighted by molar-refractivity contribution is -0.148. The summed E-state index contributed by atoms with van der Waals surface area (Å²) >= 11 is 1.37. The van der Waals surface area contributed by atoms with Crippen molar-refractivity contribution in [2.75, 3.05) is 12.0 Å². The quantitative estimate of drug-likeness (QED) is 0.795. The Hall–Kier alpha value is -0.760. The summed E-state index contributed by atoms with van der Waals surface area (Å²) in [6.07, 6.45) is 1.58. The van der Waals surface area contributed by atoms with E-state index in [-0.39, 0.29) is 5.37 Å². The third-order valence-corrected chi connectivity index (χ3v) is 5.91. The molecule has 0 aromatic carbocycles. The summed E-state index contributed by atoms with van der Waals surface area (Å²) in [6, 6.07) is -0.934. The number of amides is 1. The average molecular weight is 295 g/mol. The lowest BCUT2D eigenvalue weighted by Gasteiger charge is -2.28. The maximum atomic E-state index is 12.1. The van der Waals surface area contributed by atoms with Crippen molar-refractivity contribution < 1.29 is 23.1 Å². The molecule has 1 aliphatic heterocycles. The first-order valence-electron chi connectivity index (χ1n) is 5.55. The molecule has 0 aliphatic carbocycles. The van der Waals surface area contributed by atoms with Gasteiger partial charge in [-0.1, -0.05) is 6.92 Å². The molecule has 0 bridgehead atoms. The Balaban J connectivity index is 3.02. The molecule has 1 rings (SSSR count). The summed E-state index contributed by atoms with van der Waals surface area (Å²) in [4.78, 5) is 24.4. The summed E-state index contributed by atoms with van der Waals surface area (Å²) in [5.41, 5.74) is 0. The minimum Gasteiger partial charge on any atom is -0.480 e. The fourth-order valence-electron chi connectivity index (χ4n) is 1.76. The topological polar surface area (TPSA) is 91.8 Å². The third kappa shape index (κ3) is 2.97. The molecule has 0 aromatic rings. The van der Waals surface area contributed by atoms with E-state index in [9.17, 15) is 18.0 Å². The van der Waals surface area contributed by atoms with Crippen LogP contribution in [-0.2, 0) is 19.4 Å². The molecule has 3 atom stereocenters. The number of rotatable bonds is 4. The van der Waals surface area contributed by atoms with Gasteiger partial charge in [-0.3, -0.25) is 4.79 Å². The van der Waals surface area contributed by atoms with Crippen LogP contribution < -0.4 is 0 Å². The first kappa shape index (κ1) is 15.3. The Bertz CT molecular complexity index is 447. The summed E-state index contributed by atoms with van der Waals surface area (Å²) in [5, 5.41) is 7.61. The van der Waals surface area contributed by atoms with Gasteiger partial charge in [0.25, 0.3) is 0 Å². The van der Waals surface area contributed by atoms with Gasteiger partial charge in [0.05, 0.1) is 5.37 Å². The number of carboxylic acids is 1. The number of hydrogen-bond acceptors (Lipinski definition) is 5. The lowest BCUT2D eigenvalue weighted by atomic mass is 10.2. The van der Waals surface area contributed by atoms with Crippen molar-refractivity contribution in [3.63, 3.8) is 0 Å². The zero-order valence-corrected chi connectivity index (χ0v) is 12.1. The van der Waals surface area contributed by atoms with E-state index in [1.165, 1.54) is 23.6 Å². The average Bonchev–Trinajstić information content (AvgIpc) is 2.69. The van der Waals surface area contributed by atoms with E-state index in [0.29, 0.717) is 12.2 Å². The van der Waals surface area contributed by atoms with E-state index >= 15 is 0 Å². The Morgan fingerprint density at radius 3 is 2.44 bits per heavy atom. The van der Waals surface area contributed by atoms with Gasteiger partial charge < -0.3 is 10.0 Å². The van der Waals surface area contributed by atoms with Gasteiger partial charge in [-0.2, -0.15) is 0 Å². The third-order valence-electron chi connectivity index (χ3n) is 2.97. The SMILES string of the molecule is CCC1SCC(C(=O)O)N1C(=O)C(C)S(C)(=O)=O. The molecule has 1 saturated heterocycles. The summed E-state index contributed by atoms with van der Waals surface area (Å²) in [5.74, 6) is -1.41. The highest BCUT2D eigenvalue weighted by Gasteiger charge is 2.43. The van der Waals surface area contributed by atoms with Crippen LogP contribution in [0.1, 0.15) is 20.3 Å².